The zero-order valence-corrected chi connectivity index (χ0v) is 7.04. The van der Waals surface area contributed by atoms with Gasteiger partial charge >= 0.3 is 0 Å². The van der Waals surface area contributed by atoms with Crippen LogP contribution in [0.25, 0.3) is 0 Å². The van der Waals surface area contributed by atoms with Crippen molar-refractivity contribution in [3.05, 3.63) is 12.2 Å². The number of hydrogen-bond donors (Lipinski definition) is 1. The minimum atomic E-state index is -0.322. The summed E-state index contributed by atoms with van der Waals surface area (Å²) in [6.07, 6.45) is 1.06. The van der Waals surface area contributed by atoms with Crippen molar-refractivity contribution in [2.75, 3.05) is 0 Å². The van der Waals surface area contributed by atoms with Crippen molar-refractivity contribution in [2.45, 2.75) is 13.1 Å². The van der Waals surface area contributed by atoms with Gasteiger partial charge < -0.3 is 5.73 Å². The Morgan fingerprint density at radius 2 is 2.45 bits per heavy atom. The van der Waals surface area contributed by atoms with Crippen molar-refractivity contribution in [1.29, 1.82) is 0 Å². The van der Waals surface area contributed by atoms with Crippen molar-refractivity contribution in [2.24, 2.45) is 21.6 Å². The molecule has 2 atom stereocenters. The summed E-state index contributed by atoms with van der Waals surface area (Å²) in [7, 11) is 0. The molecule has 0 radical (unpaired) electrons. The molecule has 3 nitrogen and oxygen atoms in total. The lowest BCUT2D eigenvalue weighted by Crippen LogP contribution is -2.34. The maximum atomic E-state index is 5.79. The van der Waals surface area contributed by atoms with E-state index in [0.29, 0.717) is 5.17 Å². The van der Waals surface area contributed by atoms with E-state index in [1.165, 1.54) is 6.34 Å². The predicted molar refractivity (Wildman–Crippen MR) is 48.1 cm³/mol. The van der Waals surface area contributed by atoms with Crippen LogP contribution in [-0.2, 0) is 0 Å². The maximum absolute atomic E-state index is 5.79. The van der Waals surface area contributed by atoms with Crippen LogP contribution < -0.4 is 5.73 Å². The molecule has 0 amide bonds. The highest BCUT2D eigenvalue weighted by Gasteiger charge is 2.24. The number of rotatable bonds is 1. The third-order valence-corrected chi connectivity index (χ3v) is 1.88. The van der Waals surface area contributed by atoms with Gasteiger partial charge in [-0.25, -0.2) is 4.99 Å². The smallest absolute Gasteiger partial charge is 0.118 e. The molecule has 0 aromatic carbocycles. The standard InChI is InChI=1S/C7H10ClN3/c1-4(2)5-6(8)10-3-11-7(5)9/h3,5,7H,1,9H2,2H3. The van der Waals surface area contributed by atoms with E-state index in [0.717, 1.165) is 5.57 Å². The van der Waals surface area contributed by atoms with Crippen molar-refractivity contribution in [1.82, 2.24) is 0 Å². The molecule has 2 unspecified atom stereocenters. The molecule has 1 aliphatic rings. The average molecular weight is 172 g/mol. The first kappa shape index (κ1) is 8.43. The molecular weight excluding hydrogens is 162 g/mol. The van der Waals surface area contributed by atoms with E-state index in [1.54, 1.807) is 0 Å². The summed E-state index contributed by atoms with van der Waals surface area (Å²) in [6, 6.07) is 0. The zero-order chi connectivity index (χ0) is 8.43. The summed E-state index contributed by atoms with van der Waals surface area (Å²) in [5.74, 6) is -0.110. The predicted octanol–water partition coefficient (Wildman–Crippen LogP) is 1.14. The van der Waals surface area contributed by atoms with Gasteiger partial charge in [0.2, 0.25) is 0 Å². The second-order valence-electron chi connectivity index (χ2n) is 2.53. The lowest BCUT2D eigenvalue weighted by Gasteiger charge is -2.21. The van der Waals surface area contributed by atoms with Gasteiger partial charge in [-0.2, -0.15) is 0 Å². The number of nitrogens with two attached hydrogens (primary N) is 1. The Morgan fingerprint density at radius 3 is 2.82 bits per heavy atom. The third kappa shape index (κ3) is 1.67. The van der Waals surface area contributed by atoms with Crippen LogP contribution in [0.4, 0.5) is 0 Å². The number of hydrogen-bond acceptors (Lipinski definition) is 3. The molecule has 0 saturated carbocycles. The molecule has 0 fully saturated rings. The van der Waals surface area contributed by atoms with Gasteiger partial charge in [-0.3, -0.25) is 4.99 Å². The van der Waals surface area contributed by atoms with Crippen molar-refractivity contribution in [3.8, 4) is 0 Å². The Bertz CT molecular complexity index is 232. The molecule has 0 aromatic heterocycles. The molecule has 0 saturated heterocycles. The largest absolute Gasteiger partial charge is 0.309 e. The monoisotopic (exact) mass is 171 g/mol. The second kappa shape index (κ2) is 3.15. The zero-order valence-electron chi connectivity index (χ0n) is 6.29. The molecule has 11 heavy (non-hydrogen) atoms. The quantitative estimate of drug-likeness (QED) is 0.591. The van der Waals surface area contributed by atoms with Crippen LogP contribution in [0.5, 0.6) is 0 Å². The molecule has 60 valence electrons. The fraction of sp³-hybridized carbons (Fsp3) is 0.429. The highest BCUT2D eigenvalue weighted by molar-refractivity contribution is 6.66. The van der Waals surface area contributed by atoms with Gasteiger partial charge in [0.15, 0.2) is 0 Å². The van der Waals surface area contributed by atoms with Gasteiger partial charge in [-0.05, 0) is 6.92 Å². The fourth-order valence-corrected chi connectivity index (χ4v) is 1.33. The minimum absolute atomic E-state index is 0.110. The summed E-state index contributed by atoms with van der Waals surface area (Å²) >= 11 is 5.79. The molecule has 1 rings (SSSR count). The topological polar surface area (TPSA) is 50.7 Å². The van der Waals surface area contributed by atoms with Gasteiger partial charge in [0.05, 0.1) is 5.92 Å². The van der Waals surface area contributed by atoms with Crippen molar-refractivity contribution < 1.29 is 0 Å². The van der Waals surface area contributed by atoms with Gasteiger partial charge in [0.1, 0.15) is 17.7 Å². The van der Waals surface area contributed by atoms with E-state index < -0.39 is 0 Å². The number of nitrogens with zero attached hydrogens (tertiary/aromatic N) is 2. The molecule has 4 heteroatoms. The van der Waals surface area contributed by atoms with Gasteiger partial charge in [-0.1, -0.05) is 23.8 Å². The number of aliphatic imine (C=N–C) groups is 2. The summed E-state index contributed by atoms with van der Waals surface area (Å²) in [6.45, 7) is 5.62. The van der Waals surface area contributed by atoms with Crippen LogP contribution in [0.2, 0.25) is 0 Å². The molecule has 0 aliphatic carbocycles. The van der Waals surface area contributed by atoms with Gasteiger partial charge in [0.25, 0.3) is 0 Å². The van der Waals surface area contributed by atoms with Gasteiger partial charge in [0, 0.05) is 0 Å². The van der Waals surface area contributed by atoms with Crippen LogP contribution in [-0.4, -0.2) is 17.7 Å². The van der Waals surface area contributed by atoms with E-state index in [9.17, 15) is 0 Å². The average Bonchev–Trinajstić information content (AvgIpc) is 1.85. The highest BCUT2D eigenvalue weighted by atomic mass is 35.5. The normalized spacial score (nSPS) is 29.9. The Kier molecular flexibility index (Phi) is 2.42. The molecule has 0 spiro atoms. The van der Waals surface area contributed by atoms with Crippen LogP contribution in [0.15, 0.2) is 22.1 Å². The van der Waals surface area contributed by atoms with E-state index in [2.05, 4.69) is 16.6 Å². The third-order valence-electron chi connectivity index (χ3n) is 1.55. The van der Waals surface area contributed by atoms with E-state index in [-0.39, 0.29) is 12.1 Å². The molecular formula is C7H10ClN3. The summed E-state index contributed by atoms with van der Waals surface area (Å²) in [5.41, 5.74) is 6.54. The summed E-state index contributed by atoms with van der Waals surface area (Å²) in [4.78, 5) is 7.74. The minimum Gasteiger partial charge on any atom is -0.309 e. The van der Waals surface area contributed by atoms with E-state index >= 15 is 0 Å². The highest BCUT2D eigenvalue weighted by Crippen LogP contribution is 2.19. The lowest BCUT2D eigenvalue weighted by atomic mass is 10.00. The molecule has 1 heterocycles. The maximum Gasteiger partial charge on any atom is 0.118 e. The SMILES string of the molecule is C=C(C)C1C(Cl)=NC=NC1N. The molecule has 1 aliphatic heterocycles. The number of halogens is 1. The lowest BCUT2D eigenvalue weighted by molar-refractivity contribution is 0.613. The van der Waals surface area contributed by atoms with E-state index in [4.69, 9.17) is 17.3 Å². The van der Waals surface area contributed by atoms with Crippen molar-refractivity contribution >= 4 is 23.1 Å². The molecule has 2 N–H and O–H groups in total. The first-order chi connectivity index (χ1) is 5.13. The molecule has 0 bridgehead atoms. The van der Waals surface area contributed by atoms with Crippen LogP contribution in [0.1, 0.15) is 6.92 Å². The first-order valence-corrected chi connectivity index (χ1v) is 3.66. The van der Waals surface area contributed by atoms with Crippen LogP contribution in [0, 0.1) is 5.92 Å². The summed E-state index contributed by atoms with van der Waals surface area (Å²) in [5, 5.41) is 0.472. The Morgan fingerprint density at radius 1 is 1.82 bits per heavy atom. The van der Waals surface area contributed by atoms with Crippen molar-refractivity contribution in [3.63, 3.8) is 0 Å². The molecule has 0 aromatic rings. The Balaban J connectivity index is 2.86. The second-order valence-corrected chi connectivity index (χ2v) is 2.92. The van der Waals surface area contributed by atoms with Crippen LogP contribution in [0.3, 0.4) is 0 Å². The fourth-order valence-electron chi connectivity index (χ4n) is 0.968. The Labute approximate surface area is 70.7 Å². The van der Waals surface area contributed by atoms with Crippen LogP contribution >= 0.6 is 11.6 Å². The van der Waals surface area contributed by atoms with E-state index in [1.807, 2.05) is 6.92 Å². The van der Waals surface area contributed by atoms with Gasteiger partial charge in [-0.15, -0.1) is 0 Å². The Hall–Kier alpha value is -0.670. The summed E-state index contributed by atoms with van der Waals surface area (Å²) < 4.78 is 0. The first-order valence-electron chi connectivity index (χ1n) is 3.28.